The molecule has 4 nitrogen and oxygen atoms in total. The Morgan fingerprint density at radius 1 is 1.21 bits per heavy atom. The van der Waals surface area contributed by atoms with Gasteiger partial charge in [0.05, 0.1) is 0 Å². The van der Waals surface area contributed by atoms with Crippen molar-refractivity contribution in [1.82, 2.24) is 15.5 Å². The summed E-state index contributed by atoms with van der Waals surface area (Å²) in [6, 6.07) is 0. The van der Waals surface area contributed by atoms with Gasteiger partial charge in [0.25, 0.3) is 0 Å². The molecule has 0 aliphatic carbocycles. The van der Waals surface area contributed by atoms with Crippen LogP contribution in [0.3, 0.4) is 0 Å². The zero-order chi connectivity index (χ0) is 15.2. The maximum atomic E-state index is 11.7. The van der Waals surface area contributed by atoms with Crippen LogP contribution in [0.5, 0.6) is 0 Å². The summed E-state index contributed by atoms with van der Waals surface area (Å²) in [5, 5.41) is 5.94. The summed E-state index contributed by atoms with van der Waals surface area (Å²) < 4.78 is -1.69. The van der Waals surface area contributed by atoms with E-state index in [2.05, 4.69) is 10.6 Å². The Bertz CT molecular complexity index is 317. The van der Waals surface area contributed by atoms with Crippen LogP contribution in [0.1, 0.15) is 27.7 Å². The molecule has 0 aromatic rings. The van der Waals surface area contributed by atoms with Crippen molar-refractivity contribution in [1.29, 1.82) is 0 Å². The Balaban J connectivity index is 4.80. The first-order chi connectivity index (χ1) is 8.63. The van der Waals surface area contributed by atoms with Gasteiger partial charge >= 0.3 is 0 Å². The van der Waals surface area contributed by atoms with Crippen molar-refractivity contribution in [3.05, 3.63) is 0 Å². The lowest BCUT2D eigenvalue weighted by Gasteiger charge is -2.31. The third kappa shape index (κ3) is 6.84. The van der Waals surface area contributed by atoms with Gasteiger partial charge in [-0.2, -0.15) is 0 Å². The second-order valence-electron chi connectivity index (χ2n) is 4.26. The van der Waals surface area contributed by atoms with Crippen molar-refractivity contribution < 1.29 is 4.79 Å². The van der Waals surface area contributed by atoms with E-state index in [0.29, 0.717) is 5.11 Å². The van der Waals surface area contributed by atoms with Crippen LogP contribution in [-0.4, -0.2) is 39.0 Å². The van der Waals surface area contributed by atoms with Crippen LogP contribution in [0.4, 0.5) is 0 Å². The number of carbonyl (C=O) groups excluding carboxylic acids is 1. The highest BCUT2D eigenvalue weighted by atomic mass is 35.6. The largest absolute Gasteiger partial charge is 0.350 e. The van der Waals surface area contributed by atoms with Gasteiger partial charge in [-0.25, -0.2) is 0 Å². The Kier molecular flexibility index (Phi) is 8.36. The number of carbonyl (C=O) groups is 1. The number of hydrogen-bond donors (Lipinski definition) is 2. The van der Waals surface area contributed by atoms with E-state index in [1.165, 1.54) is 0 Å². The van der Waals surface area contributed by atoms with Crippen molar-refractivity contribution in [2.45, 2.75) is 37.7 Å². The average molecular weight is 349 g/mol. The van der Waals surface area contributed by atoms with Gasteiger partial charge in [0.15, 0.2) is 5.11 Å². The molecule has 1 amide bonds. The van der Waals surface area contributed by atoms with Gasteiger partial charge < -0.3 is 15.5 Å². The average Bonchev–Trinajstić information content (AvgIpc) is 2.28. The van der Waals surface area contributed by atoms with Gasteiger partial charge in [-0.15, -0.1) is 0 Å². The van der Waals surface area contributed by atoms with Crippen LogP contribution in [0.25, 0.3) is 0 Å². The molecule has 112 valence electrons. The lowest BCUT2D eigenvalue weighted by molar-refractivity contribution is -0.124. The van der Waals surface area contributed by atoms with Crippen molar-refractivity contribution in [2.75, 3.05) is 13.1 Å². The molecule has 0 aromatic carbocycles. The van der Waals surface area contributed by atoms with Crippen LogP contribution in [0, 0.1) is 5.92 Å². The molecule has 0 fully saturated rings. The van der Waals surface area contributed by atoms with Crippen LogP contribution < -0.4 is 10.6 Å². The number of rotatable bonds is 5. The van der Waals surface area contributed by atoms with E-state index in [1.807, 2.05) is 18.7 Å². The summed E-state index contributed by atoms with van der Waals surface area (Å²) in [4.78, 5) is 13.6. The molecule has 0 aliphatic heterocycles. The number of nitrogens with zero attached hydrogens (tertiary/aromatic N) is 1. The molecule has 0 heterocycles. The minimum Gasteiger partial charge on any atom is -0.350 e. The van der Waals surface area contributed by atoms with Gasteiger partial charge in [0.1, 0.15) is 6.17 Å². The molecular formula is C11H20Cl3N3OS. The van der Waals surface area contributed by atoms with E-state index < -0.39 is 9.96 Å². The highest BCUT2D eigenvalue weighted by Gasteiger charge is 2.35. The van der Waals surface area contributed by atoms with Gasteiger partial charge in [0, 0.05) is 19.0 Å². The molecule has 0 radical (unpaired) electrons. The fourth-order valence-corrected chi connectivity index (χ4v) is 1.94. The molecule has 0 saturated heterocycles. The normalized spacial score (nSPS) is 13.1. The number of thiocarbonyl (C=S) groups is 1. The predicted molar refractivity (Wildman–Crippen MR) is 85.7 cm³/mol. The molecule has 8 heteroatoms. The fraction of sp³-hybridized carbons (Fsp3) is 0.818. The predicted octanol–water partition coefficient (Wildman–Crippen LogP) is 2.67. The summed E-state index contributed by atoms with van der Waals surface area (Å²) in [5.41, 5.74) is 0. The third-order valence-corrected chi connectivity index (χ3v) is 3.49. The van der Waals surface area contributed by atoms with E-state index in [4.69, 9.17) is 47.0 Å². The topological polar surface area (TPSA) is 44.4 Å². The summed E-state index contributed by atoms with van der Waals surface area (Å²) in [7, 11) is 0. The fourth-order valence-electron chi connectivity index (χ4n) is 1.23. The quantitative estimate of drug-likeness (QED) is 0.455. The maximum absolute atomic E-state index is 11.7. The molecule has 1 atom stereocenters. The van der Waals surface area contributed by atoms with E-state index in [0.717, 1.165) is 13.1 Å². The Labute approximate surface area is 135 Å². The first kappa shape index (κ1) is 19.0. The first-order valence-electron chi connectivity index (χ1n) is 6.05. The molecule has 2 N–H and O–H groups in total. The number of nitrogens with one attached hydrogen (secondary N) is 2. The molecule has 0 unspecified atom stereocenters. The highest BCUT2D eigenvalue weighted by molar-refractivity contribution is 7.80. The Morgan fingerprint density at radius 3 is 2.00 bits per heavy atom. The summed E-state index contributed by atoms with van der Waals surface area (Å²) in [6.45, 7) is 8.91. The second kappa shape index (κ2) is 8.35. The molecule has 0 saturated carbocycles. The minimum absolute atomic E-state index is 0.210. The van der Waals surface area contributed by atoms with E-state index in [9.17, 15) is 4.79 Å². The van der Waals surface area contributed by atoms with Gasteiger partial charge in [-0.3, -0.25) is 4.79 Å². The molecule has 0 rings (SSSR count). The van der Waals surface area contributed by atoms with Crippen LogP contribution in [-0.2, 0) is 4.79 Å². The first-order valence-corrected chi connectivity index (χ1v) is 7.60. The zero-order valence-corrected chi connectivity index (χ0v) is 14.6. The smallest absolute Gasteiger partial charge is 0.228 e. The lowest BCUT2D eigenvalue weighted by Crippen LogP contribution is -2.58. The van der Waals surface area contributed by atoms with Crippen molar-refractivity contribution in [2.24, 2.45) is 5.92 Å². The van der Waals surface area contributed by atoms with Gasteiger partial charge in [0.2, 0.25) is 9.70 Å². The molecule has 0 aliphatic rings. The van der Waals surface area contributed by atoms with Crippen LogP contribution in [0.2, 0.25) is 0 Å². The molecular weight excluding hydrogens is 329 g/mol. The third-order valence-electron chi connectivity index (χ3n) is 2.46. The van der Waals surface area contributed by atoms with Crippen LogP contribution >= 0.6 is 47.0 Å². The number of halogens is 3. The second-order valence-corrected chi connectivity index (χ2v) is 7.02. The minimum atomic E-state index is -1.69. The lowest BCUT2D eigenvalue weighted by atomic mass is 10.2. The van der Waals surface area contributed by atoms with E-state index >= 15 is 0 Å². The van der Waals surface area contributed by atoms with E-state index in [-0.39, 0.29) is 11.8 Å². The zero-order valence-electron chi connectivity index (χ0n) is 11.5. The number of alkyl halides is 3. The summed E-state index contributed by atoms with van der Waals surface area (Å²) in [6.07, 6.45) is -0.875. The number of hydrogen-bond acceptors (Lipinski definition) is 2. The molecule has 0 spiro atoms. The van der Waals surface area contributed by atoms with Crippen LogP contribution in [0.15, 0.2) is 0 Å². The maximum Gasteiger partial charge on any atom is 0.228 e. The SMILES string of the molecule is CCN(CC)C(=S)N[C@H](NC(=O)C(C)C)C(Cl)(Cl)Cl. The summed E-state index contributed by atoms with van der Waals surface area (Å²) >= 11 is 22.8. The van der Waals surface area contributed by atoms with Crippen molar-refractivity contribution >= 4 is 58.0 Å². The van der Waals surface area contributed by atoms with Crippen molar-refractivity contribution in [3.8, 4) is 0 Å². The molecule has 0 aromatic heterocycles. The summed E-state index contributed by atoms with van der Waals surface area (Å²) in [5.74, 6) is -0.426. The Morgan fingerprint density at radius 2 is 1.68 bits per heavy atom. The van der Waals surface area contributed by atoms with E-state index in [1.54, 1.807) is 13.8 Å². The van der Waals surface area contributed by atoms with Crippen molar-refractivity contribution in [3.63, 3.8) is 0 Å². The monoisotopic (exact) mass is 347 g/mol. The van der Waals surface area contributed by atoms with Gasteiger partial charge in [-0.05, 0) is 26.1 Å². The molecule has 19 heavy (non-hydrogen) atoms. The highest BCUT2D eigenvalue weighted by Crippen LogP contribution is 2.29. The standard InChI is InChI=1S/C11H20Cl3N3OS/c1-5-17(6-2)10(19)16-9(11(12,13)14)15-8(18)7(3)4/h7,9H,5-6H2,1-4H3,(H,15,18)(H,16,19)/t9-/m0/s1. The Hall–Kier alpha value is 0.0300. The molecule has 0 bridgehead atoms. The van der Waals surface area contributed by atoms with Gasteiger partial charge in [-0.1, -0.05) is 48.7 Å². The number of amides is 1.